The van der Waals surface area contributed by atoms with E-state index in [9.17, 15) is 9.18 Å². The first-order valence-corrected chi connectivity index (χ1v) is 6.02. The van der Waals surface area contributed by atoms with Crippen molar-refractivity contribution < 1.29 is 9.18 Å². The average Bonchev–Trinajstić information content (AvgIpc) is 2.23. The zero-order valence-corrected chi connectivity index (χ0v) is 11.4. The molecule has 18 heavy (non-hydrogen) atoms. The molecule has 1 aromatic rings. The fourth-order valence-electron chi connectivity index (χ4n) is 1.67. The monoisotopic (exact) mass is 252 g/mol. The van der Waals surface area contributed by atoms with Gasteiger partial charge in [0, 0.05) is 12.6 Å². The summed E-state index contributed by atoms with van der Waals surface area (Å²) in [5, 5.41) is 2.78. The Morgan fingerprint density at radius 2 is 2.06 bits per heavy atom. The van der Waals surface area contributed by atoms with Gasteiger partial charge in [0.1, 0.15) is 5.82 Å². The number of nitrogens with two attached hydrogens (primary N) is 1. The number of benzene rings is 1. The molecule has 0 fully saturated rings. The van der Waals surface area contributed by atoms with E-state index in [2.05, 4.69) is 5.32 Å². The van der Waals surface area contributed by atoms with Crippen LogP contribution in [0, 0.1) is 18.2 Å². The number of halogens is 1. The summed E-state index contributed by atoms with van der Waals surface area (Å²) in [4.78, 5) is 12.0. The Kier molecular flexibility index (Phi) is 4.46. The topological polar surface area (TPSA) is 55.1 Å². The molecule has 4 heteroatoms. The van der Waals surface area contributed by atoms with Crippen LogP contribution in [-0.2, 0) is 0 Å². The van der Waals surface area contributed by atoms with Crippen molar-refractivity contribution in [3.63, 3.8) is 0 Å². The van der Waals surface area contributed by atoms with E-state index in [0.717, 1.165) is 5.56 Å². The lowest BCUT2D eigenvalue weighted by Crippen LogP contribution is -2.48. The minimum atomic E-state index is -0.503. The lowest BCUT2D eigenvalue weighted by Gasteiger charge is -2.30. The summed E-state index contributed by atoms with van der Waals surface area (Å²) >= 11 is 0. The maximum Gasteiger partial charge on any atom is 0.254 e. The van der Waals surface area contributed by atoms with Gasteiger partial charge in [-0.1, -0.05) is 26.8 Å². The Bertz CT molecular complexity index is 438. The van der Waals surface area contributed by atoms with Gasteiger partial charge >= 0.3 is 0 Å². The zero-order valence-electron chi connectivity index (χ0n) is 11.4. The maximum absolute atomic E-state index is 13.7. The third-order valence-electron chi connectivity index (χ3n) is 2.96. The van der Waals surface area contributed by atoms with Gasteiger partial charge in [-0.05, 0) is 30.0 Å². The predicted octanol–water partition coefficient (Wildman–Crippen LogP) is 2.24. The van der Waals surface area contributed by atoms with Gasteiger partial charge in [0.2, 0.25) is 0 Å². The summed E-state index contributed by atoms with van der Waals surface area (Å²) < 4.78 is 13.7. The zero-order chi connectivity index (χ0) is 13.9. The third kappa shape index (κ3) is 3.53. The lowest BCUT2D eigenvalue weighted by molar-refractivity contribution is 0.0901. The Morgan fingerprint density at radius 1 is 1.44 bits per heavy atom. The predicted molar refractivity (Wildman–Crippen MR) is 70.9 cm³/mol. The molecule has 0 aliphatic carbocycles. The van der Waals surface area contributed by atoms with Crippen LogP contribution in [0.2, 0.25) is 0 Å². The smallest absolute Gasteiger partial charge is 0.254 e. The van der Waals surface area contributed by atoms with Crippen LogP contribution >= 0.6 is 0 Å². The summed E-state index contributed by atoms with van der Waals surface area (Å²) in [7, 11) is 0. The largest absolute Gasteiger partial charge is 0.347 e. The Balaban J connectivity index is 2.88. The molecule has 3 N–H and O–H groups in total. The highest BCUT2D eigenvalue weighted by Gasteiger charge is 2.26. The van der Waals surface area contributed by atoms with E-state index < -0.39 is 11.7 Å². The van der Waals surface area contributed by atoms with Gasteiger partial charge in [-0.2, -0.15) is 0 Å². The average molecular weight is 252 g/mol. The number of carbonyl (C=O) groups excluding carboxylic acids is 1. The van der Waals surface area contributed by atoms with E-state index in [1.54, 1.807) is 13.0 Å². The summed E-state index contributed by atoms with van der Waals surface area (Å²) in [5.74, 6) is -0.921. The van der Waals surface area contributed by atoms with Crippen molar-refractivity contribution in [2.45, 2.75) is 33.7 Å². The molecule has 0 bridgehead atoms. The van der Waals surface area contributed by atoms with Crippen molar-refractivity contribution in [3.8, 4) is 0 Å². The second-order valence-electron chi connectivity index (χ2n) is 5.61. The highest BCUT2D eigenvalue weighted by molar-refractivity contribution is 5.94. The van der Waals surface area contributed by atoms with Gasteiger partial charge in [-0.15, -0.1) is 0 Å². The molecule has 0 heterocycles. The first-order valence-electron chi connectivity index (χ1n) is 6.02. The Labute approximate surface area is 108 Å². The first kappa shape index (κ1) is 14.6. The van der Waals surface area contributed by atoms with Crippen LogP contribution in [0.25, 0.3) is 0 Å². The van der Waals surface area contributed by atoms with Gasteiger partial charge < -0.3 is 11.1 Å². The van der Waals surface area contributed by atoms with Crippen LogP contribution in [-0.4, -0.2) is 18.5 Å². The number of hydrogen-bond acceptors (Lipinski definition) is 2. The summed E-state index contributed by atoms with van der Waals surface area (Å²) in [5.41, 5.74) is 6.32. The number of rotatable bonds is 3. The normalized spacial score (nSPS) is 13.2. The molecule has 1 amide bonds. The van der Waals surface area contributed by atoms with Crippen molar-refractivity contribution in [2.24, 2.45) is 11.1 Å². The van der Waals surface area contributed by atoms with Crippen LogP contribution in [0.3, 0.4) is 0 Å². The molecule has 0 saturated heterocycles. The molecular weight excluding hydrogens is 231 g/mol. The number of carbonyl (C=O) groups is 1. The van der Waals surface area contributed by atoms with Crippen molar-refractivity contribution in [3.05, 3.63) is 35.1 Å². The van der Waals surface area contributed by atoms with Gasteiger partial charge in [0.25, 0.3) is 5.91 Å². The third-order valence-corrected chi connectivity index (χ3v) is 2.96. The number of amides is 1. The van der Waals surface area contributed by atoms with Crippen LogP contribution in [0.5, 0.6) is 0 Å². The number of hydrogen-bond donors (Lipinski definition) is 2. The number of nitrogens with one attached hydrogen (secondary N) is 1. The standard InChI is InChI=1S/C14H21FN2O/c1-9-5-6-10(11(15)7-9)13(18)17-12(8-16)14(2,3)4/h5-7,12H,8,16H2,1-4H3,(H,17,18). The minimum absolute atomic E-state index is 0.0586. The van der Waals surface area contributed by atoms with Gasteiger partial charge in [-0.3, -0.25) is 4.79 Å². The molecule has 1 unspecified atom stereocenters. The molecule has 1 aromatic carbocycles. The summed E-state index contributed by atoms with van der Waals surface area (Å²) in [6.07, 6.45) is 0. The Hall–Kier alpha value is -1.42. The van der Waals surface area contributed by atoms with Crippen LogP contribution in [0.4, 0.5) is 4.39 Å². The minimum Gasteiger partial charge on any atom is -0.347 e. The molecular formula is C14H21FN2O. The van der Waals surface area contributed by atoms with Gasteiger partial charge in [-0.25, -0.2) is 4.39 Å². The maximum atomic E-state index is 13.7. The quantitative estimate of drug-likeness (QED) is 0.866. The van der Waals surface area contributed by atoms with E-state index in [4.69, 9.17) is 5.73 Å². The molecule has 0 radical (unpaired) electrons. The van der Waals surface area contributed by atoms with Crippen LogP contribution in [0.15, 0.2) is 18.2 Å². The van der Waals surface area contributed by atoms with Crippen molar-refractivity contribution in [1.29, 1.82) is 0 Å². The fraction of sp³-hybridized carbons (Fsp3) is 0.500. The second-order valence-corrected chi connectivity index (χ2v) is 5.61. The van der Waals surface area contributed by atoms with Crippen molar-refractivity contribution >= 4 is 5.91 Å². The van der Waals surface area contributed by atoms with Crippen molar-refractivity contribution in [1.82, 2.24) is 5.32 Å². The van der Waals surface area contributed by atoms with E-state index in [0.29, 0.717) is 6.54 Å². The highest BCUT2D eigenvalue weighted by Crippen LogP contribution is 2.19. The van der Waals surface area contributed by atoms with E-state index >= 15 is 0 Å². The van der Waals surface area contributed by atoms with Crippen LogP contribution in [0.1, 0.15) is 36.7 Å². The van der Waals surface area contributed by atoms with E-state index in [1.165, 1.54) is 12.1 Å². The highest BCUT2D eigenvalue weighted by atomic mass is 19.1. The number of aryl methyl sites for hydroxylation is 1. The molecule has 0 saturated carbocycles. The fourth-order valence-corrected chi connectivity index (χ4v) is 1.67. The van der Waals surface area contributed by atoms with Crippen LogP contribution < -0.4 is 11.1 Å². The van der Waals surface area contributed by atoms with E-state index in [1.807, 2.05) is 20.8 Å². The SMILES string of the molecule is Cc1ccc(C(=O)NC(CN)C(C)(C)C)c(F)c1. The molecule has 0 aliphatic rings. The molecule has 0 aliphatic heterocycles. The second kappa shape index (κ2) is 5.48. The molecule has 1 atom stereocenters. The molecule has 100 valence electrons. The van der Waals surface area contributed by atoms with Crippen molar-refractivity contribution in [2.75, 3.05) is 6.54 Å². The molecule has 0 aromatic heterocycles. The molecule has 3 nitrogen and oxygen atoms in total. The summed E-state index contributed by atoms with van der Waals surface area (Å²) in [6.45, 7) is 8.05. The molecule has 0 spiro atoms. The first-order chi connectivity index (χ1) is 8.25. The van der Waals surface area contributed by atoms with Gasteiger partial charge in [0.15, 0.2) is 0 Å². The van der Waals surface area contributed by atoms with E-state index in [-0.39, 0.29) is 17.0 Å². The van der Waals surface area contributed by atoms with Gasteiger partial charge in [0.05, 0.1) is 5.56 Å². The Morgan fingerprint density at radius 3 is 2.50 bits per heavy atom. The molecule has 1 rings (SSSR count). The lowest BCUT2D eigenvalue weighted by atomic mass is 9.86. The summed E-state index contributed by atoms with van der Waals surface area (Å²) in [6, 6.07) is 4.37.